The number of nitrogens with one attached hydrogen (secondary N) is 2. The normalized spacial score (nSPS) is 17.5. The number of aryl methyl sites for hydroxylation is 3. The fourth-order valence-electron chi connectivity index (χ4n) is 5.45. The molecule has 11 heteroatoms. The van der Waals surface area contributed by atoms with Crippen LogP contribution in [0.25, 0.3) is 22.2 Å². The second-order valence-electron chi connectivity index (χ2n) is 10.8. The number of hydrogen-bond donors (Lipinski definition) is 3. The first kappa shape index (κ1) is 28.5. The molecule has 8 nitrogen and oxygen atoms in total. The Balaban J connectivity index is 1.34. The Bertz CT molecular complexity index is 1570. The number of halogens is 3. The van der Waals surface area contributed by atoms with Crippen molar-refractivity contribution in [1.29, 1.82) is 0 Å². The van der Waals surface area contributed by atoms with E-state index in [9.17, 15) is 18.0 Å². The summed E-state index contributed by atoms with van der Waals surface area (Å²) in [5.41, 5.74) is 9.59. The van der Waals surface area contributed by atoms with Gasteiger partial charge >= 0.3 is 6.18 Å². The lowest BCUT2D eigenvalue weighted by atomic mass is 9.92. The van der Waals surface area contributed by atoms with E-state index in [0.717, 1.165) is 72.0 Å². The van der Waals surface area contributed by atoms with Crippen LogP contribution in [0, 0.1) is 6.92 Å². The highest BCUT2D eigenvalue weighted by Crippen LogP contribution is 2.32. The summed E-state index contributed by atoms with van der Waals surface area (Å²) in [5, 5.41) is 11.5. The van der Waals surface area contributed by atoms with Crippen molar-refractivity contribution in [3.05, 3.63) is 64.8 Å². The van der Waals surface area contributed by atoms with Gasteiger partial charge in [0.25, 0.3) is 0 Å². The molecular formula is C30H34F3N7O. The lowest BCUT2D eigenvalue weighted by Crippen LogP contribution is -2.33. The van der Waals surface area contributed by atoms with Gasteiger partial charge in [-0.3, -0.25) is 9.48 Å². The number of amides is 1. The minimum atomic E-state index is -4.47. The Labute approximate surface area is 236 Å². The van der Waals surface area contributed by atoms with E-state index in [0.29, 0.717) is 23.4 Å². The SMILES string of the molecule is CCc1cc(-c2cc(NC(=O)Cc3cc(C)cc(C(F)(F)F)c3)nn2C)cc2cnc(NC3CCC(N)CC3)nc12. The van der Waals surface area contributed by atoms with Crippen LogP contribution in [-0.2, 0) is 30.9 Å². The van der Waals surface area contributed by atoms with Crippen LogP contribution >= 0.6 is 0 Å². The van der Waals surface area contributed by atoms with Gasteiger partial charge in [0.2, 0.25) is 11.9 Å². The number of carbonyl (C=O) groups excluding carboxylic acids is 1. The number of nitrogens with two attached hydrogens (primary N) is 1. The summed E-state index contributed by atoms with van der Waals surface area (Å²) in [6, 6.07) is 10.0. The van der Waals surface area contributed by atoms with Gasteiger partial charge in [-0.1, -0.05) is 18.6 Å². The lowest BCUT2D eigenvalue weighted by Gasteiger charge is -2.26. The maximum Gasteiger partial charge on any atom is 0.416 e. The van der Waals surface area contributed by atoms with Crippen LogP contribution in [-0.4, -0.2) is 37.7 Å². The monoisotopic (exact) mass is 565 g/mol. The average Bonchev–Trinajstić information content (AvgIpc) is 3.28. The van der Waals surface area contributed by atoms with Gasteiger partial charge in [-0.05, 0) is 74.4 Å². The molecule has 0 atom stereocenters. The molecule has 4 N–H and O–H groups in total. The number of alkyl halides is 3. The maximum absolute atomic E-state index is 13.2. The zero-order valence-corrected chi connectivity index (χ0v) is 23.3. The molecule has 1 amide bonds. The van der Waals surface area contributed by atoms with E-state index in [-0.39, 0.29) is 18.0 Å². The van der Waals surface area contributed by atoms with Crippen LogP contribution in [0.15, 0.2) is 42.6 Å². The fourth-order valence-corrected chi connectivity index (χ4v) is 5.45. The number of benzene rings is 2. The predicted molar refractivity (Wildman–Crippen MR) is 153 cm³/mol. The van der Waals surface area contributed by atoms with Crippen molar-refractivity contribution in [3.63, 3.8) is 0 Å². The number of hydrogen-bond acceptors (Lipinski definition) is 6. The number of anilines is 2. The molecule has 1 aliphatic rings. The van der Waals surface area contributed by atoms with Crippen molar-refractivity contribution < 1.29 is 18.0 Å². The minimum absolute atomic E-state index is 0.200. The van der Waals surface area contributed by atoms with Gasteiger partial charge in [-0.25, -0.2) is 9.97 Å². The predicted octanol–water partition coefficient (Wildman–Crippen LogP) is 5.78. The van der Waals surface area contributed by atoms with Crippen molar-refractivity contribution >= 4 is 28.6 Å². The van der Waals surface area contributed by atoms with Crippen molar-refractivity contribution in [2.75, 3.05) is 10.6 Å². The van der Waals surface area contributed by atoms with Crippen molar-refractivity contribution in [1.82, 2.24) is 19.7 Å². The third-order valence-electron chi connectivity index (χ3n) is 7.52. The van der Waals surface area contributed by atoms with Gasteiger partial charge in [0.05, 0.1) is 23.2 Å². The molecule has 0 aliphatic heterocycles. The Morgan fingerprint density at radius 2 is 1.85 bits per heavy atom. The number of carbonyl (C=O) groups is 1. The maximum atomic E-state index is 13.2. The topological polar surface area (TPSA) is 111 Å². The Morgan fingerprint density at radius 3 is 2.56 bits per heavy atom. The molecule has 0 unspecified atom stereocenters. The van der Waals surface area contributed by atoms with Gasteiger partial charge in [0.15, 0.2) is 5.82 Å². The molecule has 0 saturated heterocycles. The van der Waals surface area contributed by atoms with E-state index in [2.05, 4.69) is 33.7 Å². The number of fused-ring (bicyclic) bond motifs is 1. The summed E-state index contributed by atoms with van der Waals surface area (Å²) >= 11 is 0. The van der Waals surface area contributed by atoms with Gasteiger partial charge in [0.1, 0.15) is 0 Å². The largest absolute Gasteiger partial charge is 0.416 e. The summed E-state index contributed by atoms with van der Waals surface area (Å²) in [6.07, 6.45) is 1.89. The third kappa shape index (κ3) is 6.67. The Kier molecular flexibility index (Phi) is 7.99. The van der Waals surface area contributed by atoms with E-state index in [1.165, 1.54) is 0 Å². The molecule has 0 spiro atoms. The minimum Gasteiger partial charge on any atom is -0.351 e. The molecular weight excluding hydrogens is 531 g/mol. The fraction of sp³-hybridized carbons (Fsp3) is 0.400. The Hall–Kier alpha value is -3.99. The molecule has 2 aromatic heterocycles. The van der Waals surface area contributed by atoms with Crippen LogP contribution in [0.3, 0.4) is 0 Å². The van der Waals surface area contributed by atoms with Gasteiger partial charge in [-0.15, -0.1) is 0 Å². The van der Waals surface area contributed by atoms with E-state index in [4.69, 9.17) is 10.7 Å². The highest BCUT2D eigenvalue weighted by molar-refractivity contribution is 5.92. The highest BCUT2D eigenvalue weighted by atomic mass is 19.4. The molecule has 0 bridgehead atoms. The average molecular weight is 566 g/mol. The first-order valence-electron chi connectivity index (χ1n) is 13.8. The van der Waals surface area contributed by atoms with Crippen molar-refractivity contribution in [2.24, 2.45) is 12.8 Å². The van der Waals surface area contributed by atoms with Crippen molar-refractivity contribution in [3.8, 4) is 11.3 Å². The van der Waals surface area contributed by atoms with Gasteiger partial charge in [0, 0.05) is 42.3 Å². The molecule has 4 aromatic rings. The number of aromatic nitrogens is 4. The van der Waals surface area contributed by atoms with E-state index < -0.39 is 17.6 Å². The molecule has 0 radical (unpaired) electrons. The summed E-state index contributed by atoms with van der Waals surface area (Å²) in [6.45, 7) is 3.64. The molecule has 1 fully saturated rings. The van der Waals surface area contributed by atoms with Crippen LogP contribution in [0.4, 0.5) is 24.9 Å². The summed E-state index contributed by atoms with van der Waals surface area (Å²) in [4.78, 5) is 22.1. The standard InChI is InChI=1S/C30H34F3N7O/c1-4-19-13-20(14-21-16-35-29(38-28(19)21)36-24-7-5-23(34)6-8-24)25-15-26(39-40(25)3)37-27(41)12-18-9-17(2)10-22(11-18)30(31,32)33/h9-11,13-16,23-24H,4-8,12,34H2,1-3H3,(H,35,36,38)(H,37,39,41). The van der Waals surface area contributed by atoms with Gasteiger partial charge < -0.3 is 16.4 Å². The van der Waals surface area contributed by atoms with Crippen LogP contribution in [0.2, 0.25) is 0 Å². The van der Waals surface area contributed by atoms with Crippen LogP contribution < -0.4 is 16.4 Å². The smallest absolute Gasteiger partial charge is 0.351 e. The van der Waals surface area contributed by atoms with E-state index in [1.54, 1.807) is 30.8 Å². The summed E-state index contributed by atoms with van der Waals surface area (Å²) in [5.74, 6) is 0.480. The zero-order chi connectivity index (χ0) is 29.3. The molecule has 41 heavy (non-hydrogen) atoms. The van der Waals surface area contributed by atoms with Crippen molar-refractivity contribution in [2.45, 2.75) is 70.6 Å². The number of rotatable bonds is 7. The molecule has 1 saturated carbocycles. The third-order valence-corrected chi connectivity index (χ3v) is 7.52. The van der Waals surface area contributed by atoms with Gasteiger partial charge in [-0.2, -0.15) is 18.3 Å². The quantitative estimate of drug-likeness (QED) is 0.262. The first-order valence-corrected chi connectivity index (χ1v) is 13.8. The van der Waals surface area contributed by atoms with E-state index in [1.807, 2.05) is 12.3 Å². The highest BCUT2D eigenvalue weighted by Gasteiger charge is 2.31. The number of nitrogens with zero attached hydrogens (tertiary/aromatic N) is 4. The van der Waals surface area contributed by atoms with Crippen LogP contribution in [0.1, 0.15) is 54.9 Å². The molecule has 1 aliphatic carbocycles. The van der Waals surface area contributed by atoms with Crippen LogP contribution in [0.5, 0.6) is 0 Å². The second-order valence-corrected chi connectivity index (χ2v) is 10.8. The first-order chi connectivity index (χ1) is 19.5. The van der Waals surface area contributed by atoms with E-state index >= 15 is 0 Å². The summed E-state index contributed by atoms with van der Waals surface area (Å²) < 4.78 is 41.2. The zero-order valence-electron chi connectivity index (χ0n) is 23.3. The molecule has 2 aromatic carbocycles. The second kappa shape index (κ2) is 11.5. The molecule has 216 valence electrons. The Morgan fingerprint density at radius 1 is 1.10 bits per heavy atom. The lowest BCUT2D eigenvalue weighted by molar-refractivity contribution is -0.137. The molecule has 5 rings (SSSR count). The molecule has 2 heterocycles. The summed E-state index contributed by atoms with van der Waals surface area (Å²) in [7, 11) is 1.77.